The van der Waals surface area contributed by atoms with Gasteiger partial charge in [0.05, 0.1) is 12.6 Å². The van der Waals surface area contributed by atoms with Crippen molar-refractivity contribution in [1.82, 2.24) is 10.6 Å². The van der Waals surface area contributed by atoms with Crippen molar-refractivity contribution in [2.24, 2.45) is 11.7 Å². The molecule has 0 fully saturated rings. The van der Waals surface area contributed by atoms with Gasteiger partial charge in [-0.2, -0.15) is 0 Å². The molecule has 0 unspecified atom stereocenters. The summed E-state index contributed by atoms with van der Waals surface area (Å²) >= 11 is 0. The molecule has 10 nitrogen and oxygen atoms in total. The van der Waals surface area contributed by atoms with Crippen molar-refractivity contribution in [3.05, 3.63) is 29.8 Å². The molecule has 7 N–H and O–H groups in total. The van der Waals surface area contributed by atoms with E-state index in [9.17, 15) is 19.2 Å². The highest BCUT2D eigenvalue weighted by Crippen LogP contribution is 2.11. The number of carboxylic acid groups (broad SMARTS) is 1. The van der Waals surface area contributed by atoms with Gasteiger partial charge in [-0.15, -0.1) is 0 Å². The number of carbonyl (C=O) groups excluding carboxylic acids is 3. The number of hydrogen-bond donors (Lipinski definition) is 6. The number of hydrogen-bond acceptors (Lipinski definition) is 6. The van der Waals surface area contributed by atoms with Crippen molar-refractivity contribution in [2.75, 3.05) is 5.32 Å². The zero-order chi connectivity index (χ0) is 23.6. The minimum Gasteiger partial charge on any atom is -0.481 e. The number of carboxylic acids is 1. The molecule has 10 heteroatoms. The topological polar surface area (TPSA) is 171 Å². The van der Waals surface area contributed by atoms with E-state index in [1.54, 1.807) is 24.3 Å². The molecular formula is C21H32N4O6. The molecule has 31 heavy (non-hydrogen) atoms. The Bertz CT molecular complexity index is 766. The van der Waals surface area contributed by atoms with Gasteiger partial charge >= 0.3 is 5.97 Å². The standard InChI is InChI=1S/C21H32N4O6/c1-12(2)10-16(22)20(30)23-13(3)19(29)25-17(8-9-18(27)28)21(31)24-15-6-4-14(11-26)5-7-15/h4-7,12-13,16-17,26H,8-11,22H2,1-3H3,(H,23,30)(H,24,31)(H,25,29)(H,27,28)/t13-,16+,17-/m0/s1. The number of rotatable bonds is 12. The summed E-state index contributed by atoms with van der Waals surface area (Å²) in [5, 5.41) is 25.6. The van der Waals surface area contributed by atoms with E-state index in [1.165, 1.54) is 6.92 Å². The molecule has 0 heterocycles. The highest BCUT2D eigenvalue weighted by molar-refractivity contribution is 5.98. The SMILES string of the molecule is CC(C)C[C@@H](N)C(=O)N[C@@H](C)C(=O)N[C@@H](CCC(=O)O)C(=O)Nc1ccc(CO)cc1. The molecule has 0 spiro atoms. The number of aliphatic carboxylic acids is 1. The lowest BCUT2D eigenvalue weighted by Gasteiger charge is -2.22. The lowest BCUT2D eigenvalue weighted by molar-refractivity contribution is -0.137. The van der Waals surface area contributed by atoms with E-state index < -0.39 is 41.8 Å². The summed E-state index contributed by atoms with van der Waals surface area (Å²) in [6.07, 6.45) is -0.00410. The summed E-state index contributed by atoms with van der Waals surface area (Å²) < 4.78 is 0. The number of amides is 3. The summed E-state index contributed by atoms with van der Waals surface area (Å²) in [5.74, 6) is -2.61. The summed E-state index contributed by atoms with van der Waals surface area (Å²) in [6.45, 7) is 5.16. The monoisotopic (exact) mass is 436 g/mol. The van der Waals surface area contributed by atoms with Crippen LogP contribution in [0, 0.1) is 5.92 Å². The molecule has 0 aliphatic rings. The lowest BCUT2D eigenvalue weighted by atomic mass is 10.0. The number of nitrogens with two attached hydrogens (primary N) is 1. The maximum absolute atomic E-state index is 12.6. The molecule has 0 saturated heterocycles. The van der Waals surface area contributed by atoms with Gasteiger partial charge in [-0.05, 0) is 43.4 Å². The quantitative estimate of drug-likeness (QED) is 0.274. The number of anilines is 1. The number of aliphatic hydroxyl groups is 1. The first-order valence-electron chi connectivity index (χ1n) is 10.1. The Morgan fingerprint density at radius 3 is 2.10 bits per heavy atom. The van der Waals surface area contributed by atoms with Gasteiger partial charge in [-0.3, -0.25) is 19.2 Å². The molecule has 0 bridgehead atoms. The van der Waals surface area contributed by atoms with E-state index in [-0.39, 0.29) is 25.4 Å². The van der Waals surface area contributed by atoms with Gasteiger partial charge in [-0.25, -0.2) is 0 Å². The summed E-state index contributed by atoms with van der Waals surface area (Å²) in [4.78, 5) is 48.2. The fraction of sp³-hybridized carbons (Fsp3) is 0.524. The first-order valence-corrected chi connectivity index (χ1v) is 10.1. The zero-order valence-corrected chi connectivity index (χ0v) is 18.1. The predicted molar refractivity (Wildman–Crippen MR) is 115 cm³/mol. The second kappa shape index (κ2) is 12.7. The molecule has 0 saturated carbocycles. The maximum Gasteiger partial charge on any atom is 0.303 e. The third kappa shape index (κ3) is 9.58. The van der Waals surface area contributed by atoms with Crippen LogP contribution in [0.25, 0.3) is 0 Å². The van der Waals surface area contributed by atoms with Crippen LogP contribution < -0.4 is 21.7 Å². The van der Waals surface area contributed by atoms with Crippen molar-refractivity contribution < 1.29 is 29.4 Å². The Labute approximate surface area is 181 Å². The Balaban J connectivity index is 2.77. The van der Waals surface area contributed by atoms with Crippen molar-refractivity contribution >= 4 is 29.4 Å². The lowest BCUT2D eigenvalue weighted by Crippen LogP contribution is -2.54. The average Bonchev–Trinajstić information content (AvgIpc) is 2.70. The molecule has 3 amide bonds. The van der Waals surface area contributed by atoms with E-state index in [0.29, 0.717) is 17.7 Å². The molecule has 0 radical (unpaired) electrons. The summed E-state index contributed by atoms with van der Waals surface area (Å²) in [6, 6.07) is 3.57. The molecular weight excluding hydrogens is 404 g/mol. The van der Waals surface area contributed by atoms with E-state index >= 15 is 0 Å². The van der Waals surface area contributed by atoms with Gasteiger partial charge in [0.1, 0.15) is 12.1 Å². The number of benzene rings is 1. The molecule has 172 valence electrons. The van der Waals surface area contributed by atoms with Crippen LogP contribution in [0.2, 0.25) is 0 Å². The van der Waals surface area contributed by atoms with E-state index in [2.05, 4.69) is 16.0 Å². The average molecular weight is 437 g/mol. The smallest absolute Gasteiger partial charge is 0.303 e. The molecule has 1 aromatic rings. The highest BCUT2D eigenvalue weighted by atomic mass is 16.4. The van der Waals surface area contributed by atoms with Crippen LogP contribution in [0.4, 0.5) is 5.69 Å². The Morgan fingerprint density at radius 1 is 0.968 bits per heavy atom. The van der Waals surface area contributed by atoms with Crippen LogP contribution in [0.15, 0.2) is 24.3 Å². The van der Waals surface area contributed by atoms with Crippen molar-refractivity contribution in [1.29, 1.82) is 0 Å². The van der Waals surface area contributed by atoms with Gasteiger partial charge in [0, 0.05) is 12.1 Å². The van der Waals surface area contributed by atoms with Crippen LogP contribution in [-0.2, 0) is 25.8 Å². The van der Waals surface area contributed by atoms with Crippen LogP contribution in [-0.4, -0.2) is 52.0 Å². The van der Waals surface area contributed by atoms with Gasteiger partial charge in [0.15, 0.2) is 0 Å². The highest BCUT2D eigenvalue weighted by Gasteiger charge is 2.26. The van der Waals surface area contributed by atoms with Crippen LogP contribution in [0.3, 0.4) is 0 Å². The molecule has 1 aromatic carbocycles. The molecule has 0 aliphatic carbocycles. The minimum atomic E-state index is -1.12. The molecule has 0 aliphatic heterocycles. The van der Waals surface area contributed by atoms with E-state index in [4.69, 9.17) is 15.9 Å². The first kappa shape index (κ1) is 26.1. The van der Waals surface area contributed by atoms with Crippen LogP contribution in [0.5, 0.6) is 0 Å². The van der Waals surface area contributed by atoms with E-state index in [0.717, 1.165) is 0 Å². The molecule has 1 rings (SSSR count). The van der Waals surface area contributed by atoms with Gasteiger partial charge in [0.25, 0.3) is 0 Å². The first-order chi connectivity index (χ1) is 14.5. The maximum atomic E-state index is 12.6. The van der Waals surface area contributed by atoms with Gasteiger partial charge < -0.3 is 31.9 Å². The van der Waals surface area contributed by atoms with E-state index in [1.807, 2.05) is 13.8 Å². The second-order valence-corrected chi connectivity index (χ2v) is 7.80. The summed E-state index contributed by atoms with van der Waals surface area (Å²) in [5.41, 5.74) is 6.90. The van der Waals surface area contributed by atoms with Gasteiger partial charge in [-0.1, -0.05) is 26.0 Å². The third-order valence-corrected chi connectivity index (χ3v) is 4.50. The van der Waals surface area contributed by atoms with Gasteiger partial charge in [0.2, 0.25) is 17.7 Å². The zero-order valence-electron chi connectivity index (χ0n) is 18.1. The number of nitrogens with one attached hydrogen (secondary N) is 3. The van der Waals surface area contributed by atoms with Crippen molar-refractivity contribution in [3.8, 4) is 0 Å². The van der Waals surface area contributed by atoms with Crippen molar-refractivity contribution in [3.63, 3.8) is 0 Å². The predicted octanol–water partition coefficient (Wildman–Crippen LogP) is 0.345. The Kier molecular flexibility index (Phi) is 10.6. The van der Waals surface area contributed by atoms with Crippen LogP contribution in [0.1, 0.15) is 45.6 Å². The second-order valence-electron chi connectivity index (χ2n) is 7.80. The minimum absolute atomic E-state index is 0.130. The Hall–Kier alpha value is -2.98. The largest absolute Gasteiger partial charge is 0.481 e. The fourth-order valence-corrected chi connectivity index (χ4v) is 2.76. The molecule has 3 atom stereocenters. The van der Waals surface area contributed by atoms with Crippen molar-refractivity contribution in [2.45, 2.75) is 64.8 Å². The number of carbonyl (C=O) groups is 4. The fourth-order valence-electron chi connectivity index (χ4n) is 2.76. The number of aliphatic hydroxyl groups excluding tert-OH is 1. The summed E-state index contributed by atoms with van der Waals surface area (Å²) in [7, 11) is 0. The van der Waals surface area contributed by atoms with Crippen LogP contribution >= 0.6 is 0 Å². The third-order valence-electron chi connectivity index (χ3n) is 4.50. The Morgan fingerprint density at radius 2 is 1.58 bits per heavy atom. The molecule has 0 aromatic heterocycles. The normalized spacial score (nSPS) is 13.7.